The maximum Gasteiger partial charge on any atom is 0.0477 e. The van der Waals surface area contributed by atoms with Crippen LogP contribution in [0.1, 0.15) is 46.5 Å². The van der Waals surface area contributed by atoms with Gasteiger partial charge in [0.1, 0.15) is 0 Å². The quantitative estimate of drug-likeness (QED) is 0.768. The van der Waals surface area contributed by atoms with Gasteiger partial charge in [0.2, 0.25) is 0 Å². The molecule has 0 aromatic heterocycles. The summed E-state index contributed by atoms with van der Waals surface area (Å²) in [6.45, 7) is 10.4. The number of ether oxygens (including phenoxy) is 1. The van der Waals surface area contributed by atoms with E-state index in [1.807, 2.05) is 7.11 Å². The highest BCUT2D eigenvalue weighted by Crippen LogP contribution is 2.37. The summed E-state index contributed by atoms with van der Waals surface area (Å²) in [5.74, 6) is 1.73. The lowest BCUT2D eigenvalue weighted by molar-refractivity contribution is 0.0465. The summed E-state index contributed by atoms with van der Waals surface area (Å²) in [5.41, 5.74) is 0. The smallest absolute Gasteiger partial charge is 0.0477 e. The minimum atomic E-state index is 0.652. The van der Waals surface area contributed by atoms with Crippen LogP contribution in [0.3, 0.4) is 0 Å². The molecule has 4 unspecified atom stereocenters. The summed E-state index contributed by atoms with van der Waals surface area (Å²) in [4.78, 5) is 2.78. The number of hydrogen-bond acceptors (Lipinski definition) is 3. The van der Waals surface area contributed by atoms with Gasteiger partial charge in [-0.15, -0.1) is 0 Å². The SMILES string of the molecule is CCC(C)C1CN(C(C)CCOC)C(C2CC2)CN1. The van der Waals surface area contributed by atoms with Gasteiger partial charge in [-0.05, 0) is 38.0 Å². The highest BCUT2D eigenvalue weighted by Gasteiger charge is 2.40. The summed E-state index contributed by atoms with van der Waals surface area (Å²) in [6, 6.07) is 2.09. The van der Waals surface area contributed by atoms with Crippen molar-refractivity contribution >= 4 is 0 Å². The molecular weight excluding hydrogens is 236 g/mol. The molecule has 2 fully saturated rings. The van der Waals surface area contributed by atoms with E-state index in [9.17, 15) is 0 Å². The fourth-order valence-corrected chi connectivity index (χ4v) is 3.36. The molecular formula is C16H32N2O. The van der Waals surface area contributed by atoms with E-state index in [-0.39, 0.29) is 0 Å². The van der Waals surface area contributed by atoms with Crippen LogP contribution in [0.5, 0.6) is 0 Å². The van der Waals surface area contributed by atoms with Crippen molar-refractivity contribution in [3.63, 3.8) is 0 Å². The standard InChI is InChI=1S/C16H32N2O/c1-5-12(2)15-11-18(13(3)8-9-19-4)16(10-17-15)14-6-7-14/h12-17H,5-11H2,1-4H3. The number of piperazine rings is 1. The zero-order chi connectivity index (χ0) is 13.8. The highest BCUT2D eigenvalue weighted by atomic mass is 16.5. The van der Waals surface area contributed by atoms with Crippen molar-refractivity contribution in [3.05, 3.63) is 0 Å². The fourth-order valence-electron chi connectivity index (χ4n) is 3.36. The van der Waals surface area contributed by atoms with Gasteiger partial charge in [-0.2, -0.15) is 0 Å². The number of methoxy groups -OCH3 is 1. The molecule has 1 saturated carbocycles. The highest BCUT2D eigenvalue weighted by molar-refractivity contribution is 4.97. The van der Waals surface area contributed by atoms with E-state index in [2.05, 4.69) is 31.0 Å². The number of rotatable bonds is 7. The van der Waals surface area contributed by atoms with Crippen molar-refractivity contribution in [1.82, 2.24) is 10.2 Å². The summed E-state index contributed by atoms with van der Waals surface area (Å²) < 4.78 is 5.27. The molecule has 2 rings (SSSR count). The second-order valence-electron chi connectivity index (χ2n) is 6.63. The summed E-state index contributed by atoms with van der Waals surface area (Å²) in [6.07, 6.45) is 5.31. The van der Waals surface area contributed by atoms with E-state index in [1.54, 1.807) is 0 Å². The van der Waals surface area contributed by atoms with Crippen LogP contribution < -0.4 is 5.32 Å². The average molecular weight is 268 g/mol. The maximum absolute atomic E-state index is 5.27. The normalized spacial score (nSPS) is 32.2. The third-order valence-corrected chi connectivity index (χ3v) is 5.23. The van der Waals surface area contributed by atoms with E-state index in [4.69, 9.17) is 4.74 Å². The molecule has 0 amide bonds. The van der Waals surface area contributed by atoms with Gasteiger partial charge < -0.3 is 10.1 Å². The Hall–Kier alpha value is -0.120. The molecule has 112 valence electrons. The van der Waals surface area contributed by atoms with Crippen molar-refractivity contribution in [2.24, 2.45) is 11.8 Å². The van der Waals surface area contributed by atoms with E-state index >= 15 is 0 Å². The van der Waals surface area contributed by atoms with Gasteiger partial charge in [0, 0.05) is 44.9 Å². The van der Waals surface area contributed by atoms with Crippen molar-refractivity contribution < 1.29 is 4.74 Å². The van der Waals surface area contributed by atoms with Gasteiger partial charge in [0.25, 0.3) is 0 Å². The maximum atomic E-state index is 5.27. The molecule has 1 aliphatic heterocycles. The van der Waals surface area contributed by atoms with Gasteiger partial charge in [-0.25, -0.2) is 0 Å². The van der Waals surface area contributed by atoms with Crippen LogP contribution in [0.25, 0.3) is 0 Å². The Morgan fingerprint density at radius 2 is 2.05 bits per heavy atom. The van der Waals surface area contributed by atoms with Gasteiger partial charge in [-0.3, -0.25) is 4.90 Å². The van der Waals surface area contributed by atoms with E-state index in [0.717, 1.165) is 30.9 Å². The molecule has 0 spiro atoms. The Kier molecular flexibility index (Phi) is 5.67. The molecule has 1 saturated heterocycles. The van der Waals surface area contributed by atoms with Crippen LogP contribution in [-0.2, 0) is 4.74 Å². The van der Waals surface area contributed by atoms with Crippen molar-refractivity contribution in [2.75, 3.05) is 26.8 Å². The molecule has 4 atom stereocenters. The first-order valence-corrected chi connectivity index (χ1v) is 8.15. The van der Waals surface area contributed by atoms with Crippen molar-refractivity contribution in [2.45, 2.75) is 64.6 Å². The van der Waals surface area contributed by atoms with Crippen molar-refractivity contribution in [3.8, 4) is 0 Å². The van der Waals surface area contributed by atoms with Gasteiger partial charge in [0.15, 0.2) is 0 Å². The van der Waals surface area contributed by atoms with Crippen LogP contribution in [-0.4, -0.2) is 49.8 Å². The second kappa shape index (κ2) is 7.05. The number of nitrogens with zero attached hydrogens (tertiary/aromatic N) is 1. The van der Waals surface area contributed by atoms with Crippen LogP contribution in [0, 0.1) is 11.8 Å². The van der Waals surface area contributed by atoms with Crippen LogP contribution in [0.15, 0.2) is 0 Å². The third-order valence-electron chi connectivity index (χ3n) is 5.23. The Balaban J connectivity index is 1.95. The Morgan fingerprint density at radius 1 is 1.32 bits per heavy atom. The topological polar surface area (TPSA) is 24.5 Å². The first kappa shape index (κ1) is 15.3. The molecule has 3 heteroatoms. The Morgan fingerprint density at radius 3 is 2.63 bits per heavy atom. The van der Waals surface area contributed by atoms with E-state index in [1.165, 1.54) is 32.4 Å². The molecule has 0 radical (unpaired) electrons. The second-order valence-corrected chi connectivity index (χ2v) is 6.63. The van der Waals surface area contributed by atoms with E-state index < -0.39 is 0 Å². The van der Waals surface area contributed by atoms with Crippen LogP contribution in [0.4, 0.5) is 0 Å². The third kappa shape index (κ3) is 3.93. The number of nitrogens with one attached hydrogen (secondary N) is 1. The molecule has 0 aromatic carbocycles. The van der Waals surface area contributed by atoms with Crippen molar-refractivity contribution in [1.29, 1.82) is 0 Å². The largest absolute Gasteiger partial charge is 0.385 e. The first-order chi connectivity index (χ1) is 9.17. The molecule has 2 aliphatic rings. The predicted octanol–water partition coefficient (Wildman–Crippen LogP) is 2.51. The summed E-state index contributed by atoms with van der Waals surface area (Å²) in [5, 5.41) is 3.81. The summed E-state index contributed by atoms with van der Waals surface area (Å²) >= 11 is 0. The zero-order valence-electron chi connectivity index (χ0n) is 13.2. The molecule has 1 aliphatic carbocycles. The molecule has 0 aromatic rings. The van der Waals surface area contributed by atoms with Crippen LogP contribution >= 0.6 is 0 Å². The minimum absolute atomic E-state index is 0.652. The predicted molar refractivity (Wildman–Crippen MR) is 80.4 cm³/mol. The lowest BCUT2D eigenvalue weighted by Gasteiger charge is -2.45. The first-order valence-electron chi connectivity index (χ1n) is 8.15. The fraction of sp³-hybridized carbons (Fsp3) is 1.00. The zero-order valence-corrected chi connectivity index (χ0v) is 13.2. The Bertz CT molecular complexity index is 267. The monoisotopic (exact) mass is 268 g/mol. The van der Waals surface area contributed by atoms with Gasteiger partial charge in [0.05, 0.1) is 0 Å². The molecule has 1 N–H and O–H groups in total. The molecule has 3 nitrogen and oxygen atoms in total. The van der Waals surface area contributed by atoms with E-state index in [0.29, 0.717) is 12.1 Å². The lowest BCUT2D eigenvalue weighted by atomic mass is 9.93. The number of hydrogen-bond donors (Lipinski definition) is 1. The van der Waals surface area contributed by atoms with Crippen LogP contribution in [0.2, 0.25) is 0 Å². The molecule has 0 bridgehead atoms. The van der Waals surface area contributed by atoms with Gasteiger partial charge in [-0.1, -0.05) is 20.3 Å². The molecule has 19 heavy (non-hydrogen) atoms. The molecule has 1 heterocycles. The lowest BCUT2D eigenvalue weighted by Crippen LogP contribution is -2.61. The summed E-state index contributed by atoms with van der Waals surface area (Å²) in [7, 11) is 1.81. The minimum Gasteiger partial charge on any atom is -0.385 e. The Labute approximate surface area is 119 Å². The van der Waals surface area contributed by atoms with Gasteiger partial charge >= 0.3 is 0 Å². The average Bonchev–Trinajstić information content (AvgIpc) is 3.27.